The monoisotopic (exact) mass is 270 g/mol. The zero-order valence-corrected chi connectivity index (χ0v) is 10.3. The lowest BCUT2D eigenvalue weighted by Crippen LogP contribution is -2.18. The lowest BCUT2D eigenvalue weighted by atomic mass is 10.3. The highest BCUT2D eigenvalue weighted by molar-refractivity contribution is 6.31. The molecule has 0 aliphatic rings. The Labute approximate surface area is 103 Å². The number of hydrogen-bond acceptors (Lipinski definition) is 2. The van der Waals surface area contributed by atoms with Crippen LogP contribution in [0.3, 0.4) is 0 Å². The van der Waals surface area contributed by atoms with E-state index < -0.39 is 12.7 Å². The van der Waals surface area contributed by atoms with Crippen molar-refractivity contribution >= 4 is 11.6 Å². The van der Waals surface area contributed by atoms with Crippen LogP contribution in [-0.4, -0.2) is 22.1 Å². The molecule has 0 aliphatic heterocycles. The van der Waals surface area contributed by atoms with E-state index in [2.05, 4.69) is 5.10 Å². The smallest absolute Gasteiger partial charge is 0.372 e. The molecule has 98 valence electrons. The van der Waals surface area contributed by atoms with Crippen LogP contribution in [0.5, 0.6) is 0 Å². The predicted octanol–water partition coefficient (Wildman–Crippen LogP) is 3.41. The van der Waals surface area contributed by atoms with Gasteiger partial charge in [-0.3, -0.25) is 4.68 Å². The third-order valence-corrected chi connectivity index (χ3v) is 2.52. The van der Waals surface area contributed by atoms with E-state index in [-0.39, 0.29) is 17.7 Å². The maximum atomic E-state index is 12.1. The van der Waals surface area contributed by atoms with Crippen LogP contribution in [-0.2, 0) is 17.9 Å². The molecule has 1 rings (SSSR count). The van der Waals surface area contributed by atoms with Gasteiger partial charge >= 0.3 is 6.18 Å². The van der Waals surface area contributed by atoms with Crippen molar-refractivity contribution in [3.8, 4) is 0 Å². The minimum atomic E-state index is -4.30. The Bertz CT molecular complexity index is 365. The Hall–Kier alpha value is -0.750. The first-order valence-electron chi connectivity index (χ1n) is 5.22. The zero-order valence-electron chi connectivity index (χ0n) is 9.59. The summed E-state index contributed by atoms with van der Waals surface area (Å²) in [6, 6.07) is 0. The average Bonchev–Trinajstić information content (AvgIpc) is 2.52. The second-order valence-electron chi connectivity index (χ2n) is 3.77. The van der Waals surface area contributed by atoms with E-state index >= 15 is 0 Å². The predicted molar refractivity (Wildman–Crippen MR) is 57.8 cm³/mol. The third-order valence-electron chi connectivity index (χ3n) is 2.21. The van der Waals surface area contributed by atoms with Gasteiger partial charge in [0, 0.05) is 6.20 Å². The van der Waals surface area contributed by atoms with Crippen molar-refractivity contribution in [3.05, 3.63) is 16.9 Å². The van der Waals surface area contributed by atoms with Gasteiger partial charge in [0.25, 0.3) is 0 Å². The molecule has 0 N–H and O–H groups in total. The summed E-state index contributed by atoms with van der Waals surface area (Å²) in [6.07, 6.45) is -2.30. The molecule has 3 nitrogen and oxygen atoms in total. The molecule has 0 bridgehead atoms. The number of alkyl halides is 3. The number of rotatable bonds is 5. The molecule has 7 heteroatoms. The van der Waals surface area contributed by atoms with Crippen LogP contribution in [0, 0.1) is 0 Å². The summed E-state index contributed by atoms with van der Waals surface area (Å²) in [5.41, 5.74) is 0.330. The first-order valence-corrected chi connectivity index (χ1v) is 5.59. The van der Waals surface area contributed by atoms with Crippen molar-refractivity contribution in [1.29, 1.82) is 0 Å². The molecule has 0 saturated heterocycles. The van der Waals surface area contributed by atoms with E-state index in [1.807, 2.05) is 13.8 Å². The molecule has 0 aliphatic carbocycles. The van der Waals surface area contributed by atoms with E-state index in [1.165, 1.54) is 0 Å². The van der Waals surface area contributed by atoms with Crippen molar-refractivity contribution in [1.82, 2.24) is 9.78 Å². The highest BCUT2D eigenvalue weighted by Crippen LogP contribution is 2.21. The Balaban J connectivity index is 2.62. The second kappa shape index (κ2) is 5.73. The van der Waals surface area contributed by atoms with Gasteiger partial charge in [0.15, 0.2) is 0 Å². The molecule has 0 radical (unpaired) electrons. The van der Waals surface area contributed by atoms with Crippen LogP contribution in [0.15, 0.2) is 6.20 Å². The molecule has 0 spiro atoms. The van der Waals surface area contributed by atoms with Crippen molar-refractivity contribution in [3.63, 3.8) is 0 Å². The summed E-state index contributed by atoms with van der Waals surface area (Å²) in [5, 5.41) is 3.93. The quantitative estimate of drug-likeness (QED) is 0.820. The molecule has 0 fully saturated rings. The van der Waals surface area contributed by atoms with Crippen LogP contribution < -0.4 is 0 Å². The average molecular weight is 271 g/mol. The third kappa shape index (κ3) is 4.95. The van der Waals surface area contributed by atoms with Gasteiger partial charge < -0.3 is 4.74 Å². The Morgan fingerprint density at radius 2 is 2.18 bits per heavy atom. The van der Waals surface area contributed by atoms with Crippen molar-refractivity contribution in [2.75, 3.05) is 0 Å². The lowest BCUT2D eigenvalue weighted by Gasteiger charge is -2.09. The molecule has 0 aromatic carbocycles. The molecular weight excluding hydrogens is 257 g/mol. The zero-order chi connectivity index (χ0) is 13.1. The van der Waals surface area contributed by atoms with Crippen molar-refractivity contribution < 1.29 is 17.9 Å². The van der Waals surface area contributed by atoms with E-state index in [4.69, 9.17) is 16.3 Å². The highest BCUT2D eigenvalue weighted by atomic mass is 35.5. The van der Waals surface area contributed by atoms with Gasteiger partial charge in [0.05, 0.1) is 17.7 Å². The molecule has 1 heterocycles. The van der Waals surface area contributed by atoms with Gasteiger partial charge in [-0.2, -0.15) is 18.3 Å². The van der Waals surface area contributed by atoms with Gasteiger partial charge in [-0.25, -0.2) is 0 Å². The highest BCUT2D eigenvalue weighted by Gasteiger charge is 2.28. The maximum Gasteiger partial charge on any atom is 0.408 e. The van der Waals surface area contributed by atoms with Crippen LogP contribution in [0.25, 0.3) is 0 Å². The van der Waals surface area contributed by atoms with E-state index in [0.717, 1.165) is 17.3 Å². The summed E-state index contributed by atoms with van der Waals surface area (Å²) in [4.78, 5) is 0. The Kier molecular flexibility index (Phi) is 4.82. The lowest BCUT2D eigenvalue weighted by molar-refractivity contribution is -0.142. The number of aromatic nitrogens is 2. The minimum absolute atomic E-state index is 0.0267. The van der Waals surface area contributed by atoms with Gasteiger partial charge in [-0.05, 0) is 13.3 Å². The standard InChI is InChI=1S/C10H14ClF3N2O/c1-3-7(2)17-5-9-8(11)4-16(15-9)6-10(12,13)14/h4,7H,3,5-6H2,1-2H3. The van der Waals surface area contributed by atoms with Gasteiger partial charge in [-0.15, -0.1) is 0 Å². The number of ether oxygens (including phenoxy) is 1. The summed E-state index contributed by atoms with van der Waals surface area (Å²) in [7, 11) is 0. The minimum Gasteiger partial charge on any atom is -0.372 e. The maximum absolute atomic E-state index is 12.1. The van der Waals surface area contributed by atoms with Gasteiger partial charge in [0.1, 0.15) is 12.2 Å². The van der Waals surface area contributed by atoms with Crippen LogP contribution in [0.2, 0.25) is 5.02 Å². The Morgan fingerprint density at radius 1 is 1.53 bits per heavy atom. The molecule has 0 amide bonds. The summed E-state index contributed by atoms with van der Waals surface area (Å²) >= 11 is 5.77. The number of hydrogen-bond donors (Lipinski definition) is 0. The SMILES string of the molecule is CCC(C)OCc1nn(CC(F)(F)F)cc1Cl. The Morgan fingerprint density at radius 3 is 2.71 bits per heavy atom. The first-order chi connectivity index (χ1) is 7.81. The van der Waals surface area contributed by atoms with Crippen LogP contribution in [0.1, 0.15) is 26.0 Å². The number of nitrogens with zero attached hydrogens (tertiary/aromatic N) is 2. The molecule has 1 unspecified atom stereocenters. The molecule has 1 atom stereocenters. The summed E-state index contributed by atoms with van der Waals surface area (Å²) in [5.74, 6) is 0. The largest absolute Gasteiger partial charge is 0.408 e. The molecular formula is C10H14ClF3N2O. The van der Waals surface area contributed by atoms with Crippen LogP contribution >= 0.6 is 11.6 Å². The molecule has 0 saturated carbocycles. The van der Waals surface area contributed by atoms with Crippen molar-refractivity contribution in [2.45, 2.75) is 45.7 Å². The van der Waals surface area contributed by atoms with Gasteiger partial charge in [0.2, 0.25) is 0 Å². The van der Waals surface area contributed by atoms with Crippen LogP contribution in [0.4, 0.5) is 13.2 Å². The molecule has 1 aromatic rings. The molecule has 1 aromatic heterocycles. The first kappa shape index (κ1) is 14.3. The number of halogens is 4. The van der Waals surface area contributed by atoms with Gasteiger partial charge in [-0.1, -0.05) is 18.5 Å². The topological polar surface area (TPSA) is 27.1 Å². The molecule has 17 heavy (non-hydrogen) atoms. The summed E-state index contributed by atoms with van der Waals surface area (Å²) in [6.45, 7) is 2.81. The fourth-order valence-corrected chi connectivity index (χ4v) is 1.34. The normalized spacial score (nSPS) is 14.0. The fraction of sp³-hybridized carbons (Fsp3) is 0.700. The fourth-order valence-electron chi connectivity index (χ4n) is 1.14. The summed E-state index contributed by atoms with van der Waals surface area (Å²) < 4.78 is 42.5. The van der Waals surface area contributed by atoms with E-state index in [1.54, 1.807) is 0 Å². The van der Waals surface area contributed by atoms with Crippen molar-refractivity contribution in [2.24, 2.45) is 0 Å². The van der Waals surface area contributed by atoms with E-state index in [0.29, 0.717) is 5.69 Å². The van der Waals surface area contributed by atoms with E-state index in [9.17, 15) is 13.2 Å². The second-order valence-corrected chi connectivity index (χ2v) is 4.17.